The van der Waals surface area contributed by atoms with Crippen LogP contribution >= 0.6 is 0 Å². The summed E-state index contributed by atoms with van der Waals surface area (Å²) in [5.41, 5.74) is 1.47. The number of carbonyl (C=O) groups is 4. The highest BCUT2D eigenvalue weighted by Gasteiger charge is 2.35. The van der Waals surface area contributed by atoms with Crippen LogP contribution in [0.4, 0.5) is 15.9 Å². The van der Waals surface area contributed by atoms with Gasteiger partial charge in [-0.25, -0.2) is 18.7 Å². The molecule has 2 N–H and O–H groups in total. The highest BCUT2D eigenvalue weighted by atomic mass is 19.1. The molecule has 0 aliphatic carbocycles. The van der Waals surface area contributed by atoms with E-state index in [1.165, 1.54) is 55.4 Å². The van der Waals surface area contributed by atoms with Crippen molar-refractivity contribution in [3.63, 3.8) is 0 Å². The van der Waals surface area contributed by atoms with Crippen LogP contribution in [0.1, 0.15) is 33.2 Å². The van der Waals surface area contributed by atoms with Gasteiger partial charge in [0.05, 0.1) is 38.0 Å². The minimum absolute atomic E-state index is 0.0395. The first-order valence-corrected chi connectivity index (χ1v) is 10.1. The number of nitrogens with one attached hydrogen (secondary N) is 2. The minimum atomic E-state index is -0.923. The number of methoxy groups -OCH3 is 2. The summed E-state index contributed by atoms with van der Waals surface area (Å²) in [6.07, 6.45) is 1.26. The van der Waals surface area contributed by atoms with Gasteiger partial charge in [0.25, 0.3) is 5.91 Å². The number of hydrogen-bond acceptors (Lipinski definition) is 7. The minimum Gasteiger partial charge on any atom is -0.465 e. The molecule has 1 aliphatic heterocycles. The first-order valence-electron chi connectivity index (χ1n) is 10.1. The Balaban J connectivity index is 1.54. The fraction of sp³-hybridized carbons (Fsp3) is 0.174. The second kappa shape index (κ2) is 9.14. The molecule has 11 heteroatoms. The van der Waals surface area contributed by atoms with Gasteiger partial charge in [0.15, 0.2) is 0 Å². The van der Waals surface area contributed by atoms with Gasteiger partial charge < -0.3 is 20.1 Å². The molecule has 2 amide bonds. The van der Waals surface area contributed by atoms with Gasteiger partial charge in [0.2, 0.25) is 5.91 Å². The van der Waals surface area contributed by atoms with Crippen molar-refractivity contribution in [2.45, 2.75) is 12.5 Å². The number of anilines is 2. The lowest BCUT2D eigenvalue weighted by Gasteiger charge is -2.12. The average molecular weight is 466 g/mol. The first kappa shape index (κ1) is 22.6. The molecule has 174 valence electrons. The molecule has 2 aromatic carbocycles. The first-order chi connectivity index (χ1) is 16.3. The molecule has 1 aromatic heterocycles. The molecule has 1 unspecified atom stereocenters. The Bertz CT molecular complexity index is 1270. The molecule has 0 saturated heterocycles. The zero-order chi connectivity index (χ0) is 24.4. The van der Waals surface area contributed by atoms with Gasteiger partial charge in [-0.05, 0) is 35.9 Å². The Labute approximate surface area is 192 Å². The summed E-state index contributed by atoms with van der Waals surface area (Å²) >= 11 is 0. The number of fused-ring (bicyclic) bond motifs is 1. The molecule has 0 radical (unpaired) electrons. The molecule has 0 spiro atoms. The van der Waals surface area contributed by atoms with Crippen molar-refractivity contribution in [2.24, 2.45) is 0 Å². The van der Waals surface area contributed by atoms with Crippen LogP contribution in [0.3, 0.4) is 0 Å². The van der Waals surface area contributed by atoms with E-state index in [1.54, 1.807) is 12.1 Å². The molecule has 10 nitrogen and oxygen atoms in total. The van der Waals surface area contributed by atoms with Gasteiger partial charge in [-0.1, -0.05) is 12.1 Å². The normalized spacial score (nSPS) is 14.2. The predicted octanol–water partition coefficient (Wildman–Crippen LogP) is 2.78. The van der Waals surface area contributed by atoms with E-state index in [-0.39, 0.29) is 23.2 Å². The summed E-state index contributed by atoms with van der Waals surface area (Å²) in [7, 11) is 2.37. The van der Waals surface area contributed by atoms with E-state index in [1.807, 2.05) is 0 Å². The second-order valence-corrected chi connectivity index (χ2v) is 7.40. The lowest BCUT2D eigenvalue weighted by Crippen LogP contribution is -2.23. The third-order valence-electron chi connectivity index (χ3n) is 5.23. The number of ether oxygens (including phenoxy) is 2. The van der Waals surface area contributed by atoms with E-state index in [0.717, 1.165) is 0 Å². The topological polar surface area (TPSA) is 129 Å². The van der Waals surface area contributed by atoms with Crippen molar-refractivity contribution in [3.8, 4) is 11.1 Å². The monoisotopic (exact) mass is 466 g/mol. The number of aromatic nitrogens is 2. The van der Waals surface area contributed by atoms with Crippen LogP contribution in [0.5, 0.6) is 0 Å². The molecular formula is C23H19FN4O6. The fourth-order valence-corrected chi connectivity index (χ4v) is 3.61. The lowest BCUT2D eigenvalue weighted by atomic mass is 10.1. The van der Waals surface area contributed by atoms with Gasteiger partial charge >= 0.3 is 11.9 Å². The smallest absolute Gasteiger partial charge is 0.337 e. The van der Waals surface area contributed by atoms with Crippen molar-refractivity contribution >= 4 is 35.3 Å². The molecule has 4 rings (SSSR count). The molecule has 1 aliphatic rings. The quantitative estimate of drug-likeness (QED) is 0.535. The van der Waals surface area contributed by atoms with Gasteiger partial charge in [0, 0.05) is 11.3 Å². The Morgan fingerprint density at radius 2 is 1.68 bits per heavy atom. The highest BCUT2D eigenvalue weighted by molar-refractivity contribution is 6.04. The van der Waals surface area contributed by atoms with E-state index in [9.17, 15) is 23.6 Å². The van der Waals surface area contributed by atoms with Crippen molar-refractivity contribution in [2.75, 3.05) is 24.9 Å². The lowest BCUT2D eigenvalue weighted by molar-refractivity contribution is -0.123. The fourth-order valence-electron chi connectivity index (χ4n) is 3.61. The summed E-state index contributed by atoms with van der Waals surface area (Å²) in [4.78, 5) is 49.2. The Hall–Kier alpha value is -4.54. The van der Waals surface area contributed by atoms with Crippen LogP contribution in [-0.2, 0) is 19.1 Å². The summed E-state index contributed by atoms with van der Waals surface area (Å²) in [5.74, 6) is -2.38. The van der Waals surface area contributed by atoms with Crippen molar-refractivity contribution in [3.05, 3.63) is 65.6 Å². The molecular weight excluding hydrogens is 447 g/mol. The van der Waals surface area contributed by atoms with E-state index in [4.69, 9.17) is 0 Å². The molecule has 34 heavy (non-hydrogen) atoms. The Morgan fingerprint density at radius 3 is 2.26 bits per heavy atom. The average Bonchev–Trinajstić information content (AvgIpc) is 3.37. The third-order valence-corrected chi connectivity index (χ3v) is 5.23. The Morgan fingerprint density at radius 1 is 1.06 bits per heavy atom. The van der Waals surface area contributed by atoms with Crippen LogP contribution < -0.4 is 10.6 Å². The number of halogens is 1. The number of esters is 2. The number of carbonyl (C=O) groups excluding carboxylic acids is 4. The summed E-state index contributed by atoms with van der Waals surface area (Å²) < 4.78 is 24.0. The van der Waals surface area contributed by atoms with Gasteiger partial charge in [0.1, 0.15) is 17.7 Å². The SMILES string of the molecule is COC(=O)c1cc(NC(=O)CC2C(=O)Nc3c(-c4ccc(F)cc4)cnn32)cc(C(=O)OC)c1. The molecule has 0 fully saturated rings. The Kier molecular flexibility index (Phi) is 6.09. The summed E-state index contributed by atoms with van der Waals surface area (Å²) in [5, 5.41) is 9.51. The van der Waals surface area contributed by atoms with Crippen LogP contribution in [0.2, 0.25) is 0 Å². The largest absolute Gasteiger partial charge is 0.465 e. The maximum Gasteiger partial charge on any atom is 0.337 e. The van der Waals surface area contributed by atoms with E-state index in [0.29, 0.717) is 16.9 Å². The number of nitrogens with zero attached hydrogens (tertiary/aromatic N) is 2. The predicted molar refractivity (Wildman–Crippen MR) is 118 cm³/mol. The standard InChI is InChI=1S/C23H19FN4O6/c1-33-22(31)13-7-14(23(32)34-2)9-16(8-13)26-19(29)10-18-21(30)27-20-17(11-25-28(18)20)12-3-5-15(24)6-4-12/h3-9,11,18H,10H2,1-2H3,(H,26,29)(H,27,30). The number of amides is 2. The van der Waals surface area contributed by atoms with Crippen molar-refractivity contribution in [1.82, 2.24) is 9.78 Å². The van der Waals surface area contributed by atoms with Crippen molar-refractivity contribution in [1.29, 1.82) is 0 Å². The number of hydrogen-bond donors (Lipinski definition) is 2. The third kappa shape index (κ3) is 4.35. The summed E-state index contributed by atoms with van der Waals surface area (Å²) in [6.45, 7) is 0. The summed E-state index contributed by atoms with van der Waals surface area (Å²) in [6, 6.07) is 8.77. The number of benzene rings is 2. The molecule has 3 aromatic rings. The molecule has 2 heterocycles. The van der Waals surface area contributed by atoms with E-state index in [2.05, 4.69) is 25.2 Å². The van der Waals surface area contributed by atoms with Gasteiger partial charge in [-0.2, -0.15) is 5.10 Å². The van der Waals surface area contributed by atoms with E-state index < -0.39 is 35.6 Å². The van der Waals surface area contributed by atoms with E-state index >= 15 is 0 Å². The highest BCUT2D eigenvalue weighted by Crippen LogP contribution is 2.35. The maximum atomic E-state index is 13.2. The van der Waals surface area contributed by atoms with Crippen LogP contribution in [0.15, 0.2) is 48.7 Å². The van der Waals surface area contributed by atoms with Gasteiger partial charge in [-0.15, -0.1) is 0 Å². The van der Waals surface area contributed by atoms with Crippen LogP contribution in [0.25, 0.3) is 11.1 Å². The van der Waals surface area contributed by atoms with Gasteiger partial charge in [-0.3, -0.25) is 9.59 Å². The molecule has 1 atom stereocenters. The zero-order valence-corrected chi connectivity index (χ0v) is 18.1. The number of rotatable bonds is 6. The molecule has 0 saturated carbocycles. The maximum absolute atomic E-state index is 13.2. The van der Waals surface area contributed by atoms with Crippen LogP contribution in [0, 0.1) is 5.82 Å². The van der Waals surface area contributed by atoms with Crippen molar-refractivity contribution < 1.29 is 33.0 Å². The molecule has 0 bridgehead atoms. The zero-order valence-electron chi connectivity index (χ0n) is 18.1. The van der Waals surface area contributed by atoms with Crippen LogP contribution in [-0.4, -0.2) is 47.8 Å². The second-order valence-electron chi connectivity index (χ2n) is 7.40.